The molecular formula is C23H32N2O3. The summed E-state index contributed by atoms with van der Waals surface area (Å²) in [5, 5.41) is 0. The minimum absolute atomic E-state index is 0.0742. The third kappa shape index (κ3) is 5.15. The van der Waals surface area contributed by atoms with Gasteiger partial charge in [-0.05, 0) is 56.2 Å². The molecule has 1 aromatic carbocycles. The number of carbonyl (C=O) groups excluding carboxylic acids is 1. The van der Waals surface area contributed by atoms with Gasteiger partial charge in [-0.3, -0.25) is 4.79 Å². The quantitative estimate of drug-likeness (QED) is 0.730. The molecule has 4 rings (SSSR count). The van der Waals surface area contributed by atoms with Crippen LogP contribution in [0.15, 0.2) is 36.4 Å². The highest BCUT2D eigenvalue weighted by Crippen LogP contribution is 2.24. The van der Waals surface area contributed by atoms with Crippen molar-refractivity contribution in [2.75, 3.05) is 45.9 Å². The second-order valence-electron chi connectivity index (χ2n) is 8.20. The Labute approximate surface area is 168 Å². The van der Waals surface area contributed by atoms with Crippen molar-refractivity contribution in [3.05, 3.63) is 42.0 Å². The van der Waals surface area contributed by atoms with E-state index in [1.165, 1.54) is 25.8 Å². The summed E-state index contributed by atoms with van der Waals surface area (Å²) in [7, 11) is 0. The molecule has 3 aliphatic rings. The molecule has 5 heteroatoms. The first kappa shape index (κ1) is 19.5. The highest BCUT2D eigenvalue weighted by molar-refractivity contribution is 5.94. The van der Waals surface area contributed by atoms with E-state index in [2.05, 4.69) is 17.1 Å². The number of benzene rings is 1. The first-order valence-corrected chi connectivity index (χ1v) is 10.8. The molecule has 0 aromatic heterocycles. The fourth-order valence-corrected chi connectivity index (χ4v) is 4.44. The van der Waals surface area contributed by atoms with Crippen molar-refractivity contribution < 1.29 is 14.3 Å². The van der Waals surface area contributed by atoms with E-state index in [-0.39, 0.29) is 12.0 Å². The maximum Gasteiger partial charge on any atom is 0.254 e. The standard InChI is InChI=1S/C23H32N2O3/c26-23(25-13-15-27-16-14-25)20-7-4-8-22(17-20)28-21-9-11-24(12-10-21)18-19-5-2-1-3-6-19/h1-2,4,7-8,17,19,21H,3,5-6,9-16,18H2/t19-/m1/s1. The number of rotatable bonds is 5. The third-order valence-corrected chi connectivity index (χ3v) is 6.11. The predicted octanol–water partition coefficient (Wildman–Crippen LogP) is 3.36. The van der Waals surface area contributed by atoms with E-state index in [0.717, 1.165) is 37.6 Å². The van der Waals surface area contributed by atoms with Gasteiger partial charge in [-0.15, -0.1) is 0 Å². The topological polar surface area (TPSA) is 42.0 Å². The van der Waals surface area contributed by atoms with E-state index >= 15 is 0 Å². The molecule has 2 fully saturated rings. The van der Waals surface area contributed by atoms with E-state index in [0.29, 0.717) is 31.9 Å². The average Bonchev–Trinajstić information content (AvgIpc) is 2.76. The normalized spacial score (nSPS) is 24.3. The molecular weight excluding hydrogens is 352 g/mol. The number of amides is 1. The second-order valence-corrected chi connectivity index (χ2v) is 8.20. The Morgan fingerprint density at radius 2 is 1.89 bits per heavy atom. The van der Waals surface area contributed by atoms with Crippen molar-refractivity contribution in [3.8, 4) is 5.75 Å². The smallest absolute Gasteiger partial charge is 0.254 e. The third-order valence-electron chi connectivity index (χ3n) is 6.11. The number of carbonyl (C=O) groups is 1. The van der Waals surface area contributed by atoms with E-state index in [1.54, 1.807) is 0 Å². The van der Waals surface area contributed by atoms with Crippen LogP contribution in [0.25, 0.3) is 0 Å². The number of morpholine rings is 1. The fraction of sp³-hybridized carbons (Fsp3) is 0.609. The highest BCUT2D eigenvalue weighted by atomic mass is 16.5. The SMILES string of the molecule is O=C(c1cccc(OC2CCN(C[C@@H]3CC=CCC3)CC2)c1)N1CCOCC1. The van der Waals surface area contributed by atoms with E-state index in [9.17, 15) is 4.79 Å². The second kappa shape index (κ2) is 9.57. The lowest BCUT2D eigenvalue weighted by Gasteiger charge is -2.34. The fourth-order valence-electron chi connectivity index (χ4n) is 4.44. The van der Waals surface area contributed by atoms with Gasteiger partial charge in [0.1, 0.15) is 11.9 Å². The number of piperidine rings is 1. The summed E-state index contributed by atoms with van der Waals surface area (Å²) in [6, 6.07) is 7.68. The van der Waals surface area contributed by atoms with Gasteiger partial charge in [-0.1, -0.05) is 18.2 Å². The molecule has 0 radical (unpaired) electrons. The van der Waals surface area contributed by atoms with Gasteiger partial charge in [-0.25, -0.2) is 0 Å². The monoisotopic (exact) mass is 384 g/mol. The van der Waals surface area contributed by atoms with Gasteiger partial charge in [0.05, 0.1) is 13.2 Å². The molecule has 0 N–H and O–H groups in total. The lowest BCUT2D eigenvalue weighted by Crippen LogP contribution is -2.41. The van der Waals surface area contributed by atoms with Gasteiger partial charge in [0.25, 0.3) is 5.91 Å². The van der Waals surface area contributed by atoms with Crippen LogP contribution >= 0.6 is 0 Å². The van der Waals surface area contributed by atoms with E-state index < -0.39 is 0 Å². The Bertz CT molecular complexity index is 676. The van der Waals surface area contributed by atoms with E-state index in [1.807, 2.05) is 29.2 Å². The Kier molecular flexibility index (Phi) is 6.65. The number of hydrogen-bond donors (Lipinski definition) is 0. The van der Waals surface area contributed by atoms with Crippen LogP contribution in [0.3, 0.4) is 0 Å². The van der Waals surface area contributed by atoms with Crippen LogP contribution in [0.1, 0.15) is 42.5 Å². The lowest BCUT2D eigenvalue weighted by atomic mass is 9.93. The van der Waals surface area contributed by atoms with Crippen LogP contribution in [-0.2, 0) is 4.74 Å². The van der Waals surface area contributed by atoms with Crippen molar-refractivity contribution >= 4 is 5.91 Å². The van der Waals surface area contributed by atoms with Crippen LogP contribution in [0, 0.1) is 5.92 Å². The summed E-state index contributed by atoms with van der Waals surface area (Å²) in [6.07, 6.45) is 10.8. The zero-order valence-corrected chi connectivity index (χ0v) is 16.7. The van der Waals surface area contributed by atoms with Gasteiger partial charge in [-0.2, -0.15) is 0 Å². The first-order valence-electron chi connectivity index (χ1n) is 10.8. The summed E-state index contributed by atoms with van der Waals surface area (Å²) in [6.45, 7) is 6.02. The van der Waals surface area contributed by atoms with Gasteiger partial charge >= 0.3 is 0 Å². The zero-order chi connectivity index (χ0) is 19.2. The molecule has 0 saturated carbocycles. The van der Waals surface area contributed by atoms with Gasteiger partial charge in [0.15, 0.2) is 0 Å². The molecule has 5 nitrogen and oxygen atoms in total. The molecule has 0 spiro atoms. The molecule has 2 heterocycles. The number of hydrogen-bond acceptors (Lipinski definition) is 4. The molecule has 0 bridgehead atoms. The molecule has 2 saturated heterocycles. The van der Waals surface area contributed by atoms with Crippen LogP contribution in [0.2, 0.25) is 0 Å². The van der Waals surface area contributed by atoms with Gasteiger partial charge in [0, 0.05) is 38.3 Å². The number of allylic oxidation sites excluding steroid dienone is 2. The summed E-state index contributed by atoms with van der Waals surface area (Å²) < 4.78 is 11.6. The predicted molar refractivity (Wildman–Crippen MR) is 110 cm³/mol. The Morgan fingerprint density at radius 1 is 1.07 bits per heavy atom. The highest BCUT2D eigenvalue weighted by Gasteiger charge is 2.24. The maximum absolute atomic E-state index is 12.7. The van der Waals surface area contributed by atoms with Gasteiger partial charge in [0.2, 0.25) is 0 Å². The van der Waals surface area contributed by atoms with Crippen LogP contribution < -0.4 is 4.74 Å². The van der Waals surface area contributed by atoms with Crippen LogP contribution in [0.4, 0.5) is 0 Å². The number of likely N-dealkylation sites (tertiary alicyclic amines) is 1. The van der Waals surface area contributed by atoms with E-state index in [4.69, 9.17) is 9.47 Å². The van der Waals surface area contributed by atoms with Crippen molar-refractivity contribution in [2.45, 2.75) is 38.2 Å². The molecule has 1 atom stereocenters. The van der Waals surface area contributed by atoms with Crippen molar-refractivity contribution in [1.82, 2.24) is 9.80 Å². The minimum atomic E-state index is 0.0742. The van der Waals surface area contributed by atoms with Crippen LogP contribution in [0.5, 0.6) is 5.75 Å². The van der Waals surface area contributed by atoms with Crippen LogP contribution in [-0.4, -0.2) is 67.7 Å². The Hall–Kier alpha value is -1.85. The molecule has 152 valence electrons. The number of ether oxygens (including phenoxy) is 2. The van der Waals surface area contributed by atoms with Gasteiger partial charge < -0.3 is 19.3 Å². The Balaban J connectivity index is 1.27. The number of nitrogens with zero attached hydrogens (tertiary/aromatic N) is 2. The molecule has 1 aliphatic carbocycles. The molecule has 1 aromatic rings. The Morgan fingerprint density at radius 3 is 2.64 bits per heavy atom. The summed E-state index contributed by atoms with van der Waals surface area (Å²) in [5.74, 6) is 1.71. The average molecular weight is 385 g/mol. The van der Waals surface area contributed by atoms with Crippen molar-refractivity contribution in [1.29, 1.82) is 0 Å². The maximum atomic E-state index is 12.7. The summed E-state index contributed by atoms with van der Waals surface area (Å²) in [4.78, 5) is 17.1. The molecule has 0 unspecified atom stereocenters. The molecule has 2 aliphatic heterocycles. The molecule has 1 amide bonds. The van der Waals surface area contributed by atoms with Crippen molar-refractivity contribution in [2.24, 2.45) is 5.92 Å². The first-order chi connectivity index (χ1) is 13.8. The summed E-state index contributed by atoms with van der Waals surface area (Å²) >= 11 is 0. The largest absolute Gasteiger partial charge is 0.490 e. The zero-order valence-electron chi connectivity index (χ0n) is 16.7. The van der Waals surface area contributed by atoms with Crippen molar-refractivity contribution in [3.63, 3.8) is 0 Å². The summed E-state index contributed by atoms with van der Waals surface area (Å²) in [5.41, 5.74) is 0.710. The lowest BCUT2D eigenvalue weighted by molar-refractivity contribution is 0.0302. The minimum Gasteiger partial charge on any atom is -0.490 e. The molecule has 28 heavy (non-hydrogen) atoms.